The number of carbonyl (C=O) groups is 1. The molecule has 0 saturated carbocycles. The summed E-state index contributed by atoms with van der Waals surface area (Å²) >= 11 is 17.8. The number of carboxylic acids is 1. The van der Waals surface area contributed by atoms with Gasteiger partial charge in [-0.2, -0.15) is 0 Å². The molecular weight excluding hydrogens is 269 g/mol. The molecule has 0 unspecified atom stereocenters. The van der Waals surface area contributed by atoms with Gasteiger partial charge in [-0.05, 0) is 6.42 Å². The lowest BCUT2D eigenvalue weighted by molar-refractivity contribution is 0.0701. The van der Waals surface area contributed by atoms with Crippen LogP contribution in [0.25, 0.3) is 0 Å². The topological polar surface area (TPSA) is 50.2 Å². The Bertz CT molecular complexity index is 358. The van der Waals surface area contributed by atoms with E-state index in [-0.39, 0.29) is 10.6 Å². The first-order valence-corrected chi connectivity index (χ1v) is 5.61. The third-order valence-corrected chi connectivity index (χ3v) is 3.16. The van der Waals surface area contributed by atoms with E-state index in [0.29, 0.717) is 11.4 Å². The average molecular weight is 275 g/mol. The van der Waals surface area contributed by atoms with Gasteiger partial charge < -0.3 is 5.11 Å². The van der Waals surface area contributed by atoms with Gasteiger partial charge in [0.05, 0.1) is 5.01 Å². The second kappa shape index (κ2) is 4.23. The highest BCUT2D eigenvalue weighted by Crippen LogP contribution is 2.41. The molecule has 0 atom stereocenters. The standard InChI is InChI=1S/C7H6Cl3NO2S/c1-2-3-11-5(7(8,9)10)4(14-3)6(12)13/h2H2,1H3,(H,12,13). The van der Waals surface area contributed by atoms with Gasteiger partial charge >= 0.3 is 5.97 Å². The van der Waals surface area contributed by atoms with Gasteiger partial charge in [0.1, 0.15) is 10.6 Å². The summed E-state index contributed by atoms with van der Waals surface area (Å²) < 4.78 is -1.78. The molecule has 0 bridgehead atoms. The van der Waals surface area contributed by atoms with Crippen LogP contribution < -0.4 is 0 Å². The highest BCUT2D eigenvalue weighted by molar-refractivity contribution is 7.13. The van der Waals surface area contributed by atoms with Crippen molar-refractivity contribution in [1.29, 1.82) is 0 Å². The zero-order chi connectivity index (χ0) is 10.9. The summed E-state index contributed by atoms with van der Waals surface area (Å²) in [7, 11) is 0. The molecule has 1 aromatic heterocycles. The van der Waals surface area contributed by atoms with Crippen LogP contribution in [0.15, 0.2) is 0 Å². The predicted molar refractivity (Wildman–Crippen MR) is 57.7 cm³/mol. The summed E-state index contributed by atoms with van der Waals surface area (Å²) in [6.07, 6.45) is 0.617. The molecule has 0 spiro atoms. The highest BCUT2D eigenvalue weighted by Gasteiger charge is 2.33. The maximum Gasteiger partial charge on any atom is 0.347 e. The van der Waals surface area contributed by atoms with Gasteiger partial charge in [0.2, 0.25) is 3.79 Å². The van der Waals surface area contributed by atoms with E-state index in [1.165, 1.54) is 0 Å². The van der Waals surface area contributed by atoms with Crippen molar-refractivity contribution < 1.29 is 9.90 Å². The highest BCUT2D eigenvalue weighted by atomic mass is 35.6. The predicted octanol–water partition coefficient (Wildman–Crippen LogP) is 3.23. The molecule has 1 aromatic rings. The van der Waals surface area contributed by atoms with Crippen LogP contribution >= 0.6 is 46.1 Å². The Morgan fingerprint density at radius 2 is 2.14 bits per heavy atom. The van der Waals surface area contributed by atoms with Crippen molar-refractivity contribution in [3.05, 3.63) is 15.6 Å². The van der Waals surface area contributed by atoms with Crippen LogP contribution in [-0.2, 0) is 10.2 Å². The van der Waals surface area contributed by atoms with Crippen molar-refractivity contribution in [3.8, 4) is 0 Å². The Morgan fingerprint density at radius 3 is 2.43 bits per heavy atom. The molecule has 14 heavy (non-hydrogen) atoms. The second-order valence-corrected chi connectivity index (χ2v) is 5.81. The van der Waals surface area contributed by atoms with Crippen LogP contribution in [-0.4, -0.2) is 16.1 Å². The van der Waals surface area contributed by atoms with Crippen molar-refractivity contribution in [2.24, 2.45) is 0 Å². The summed E-state index contributed by atoms with van der Waals surface area (Å²) in [5.41, 5.74) is -0.00292. The van der Waals surface area contributed by atoms with Gasteiger partial charge in [-0.15, -0.1) is 11.3 Å². The lowest BCUT2D eigenvalue weighted by Gasteiger charge is -2.07. The molecule has 3 nitrogen and oxygen atoms in total. The molecule has 78 valence electrons. The van der Waals surface area contributed by atoms with Crippen molar-refractivity contribution in [2.45, 2.75) is 17.1 Å². The van der Waals surface area contributed by atoms with Gasteiger partial charge in [-0.1, -0.05) is 41.7 Å². The number of hydrogen-bond acceptors (Lipinski definition) is 3. The number of nitrogens with zero attached hydrogens (tertiary/aromatic N) is 1. The molecule has 1 heterocycles. The maximum absolute atomic E-state index is 10.8. The number of aromatic carboxylic acids is 1. The molecule has 0 aliphatic rings. The summed E-state index contributed by atoms with van der Waals surface area (Å²) in [4.78, 5) is 14.7. The Balaban J connectivity index is 3.26. The number of aromatic nitrogens is 1. The van der Waals surface area contributed by atoms with Gasteiger partial charge in [-0.25, -0.2) is 9.78 Å². The van der Waals surface area contributed by atoms with Gasteiger partial charge in [0, 0.05) is 0 Å². The third kappa shape index (κ3) is 2.51. The zero-order valence-electron chi connectivity index (χ0n) is 7.05. The zero-order valence-corrected chi connectivity index (χ0v) is 10.1. The molecule has 0 aromatic carbocycles. The van der Waals surface area contributed by atoms with E-state index in [1.54, 1.807) is 0 Å². The Labute approximate surface area is 99.6 Å². The quantitative estimate of drug-likeness (QED) is 0.842. The molecule has 1 N–H and O–H groups in total. The van der Waals surface area contributed by atoms with E-state index < -0.39 is 9.76 Å². The minimum absolute atomic E-state index is 0.00292. The smallest absolute Gasteiger partial charge is 0.347 e. The Kier molecular flexibility index (Phi) is 3.63. The normalized spacial score (nSPS) is 11.7. The van der Waals surface area contributed by atoms with Crippen LogP contribution in [0.2, 0.25) is 0 Å². The van der Waals surface area contributed by atoms with Crippen molar-refractivity contribution in [1.82, 2.24) is 4.98 Å². The molecular formula is C7H6Cl3NO2S. The first-order valence-electron chi connectivity index (χ1n) is 3.66. The molecule has 7 heteroatoms. The van der Waals surface area contributed by atoms with Gasteiger partial charge in [0.15, 0.2) is 0 Å². The number of aryl methyl sites for hydroxylation is 1. The minimum atomic E-state index is -1.78. The molecule has 0 saturated heterocycles. The lowest BCUT2D eigenvalue weighted by Crippen LogP contribution is -2.08. The monoisotopic (exact) mass is 273 g/mol. The maximum atomic E-state index is 10.8. The van der Waals surface area contributed by atoms with Crippen LogP contribution in [0.3, 0.4) is 0 Å². The van der Waals surface area contributed by atoms with E-state index in [9.17, 15) is 4.79 Å². The number of hydrogen-bond donors (Lipinski definition) is 1. The molecule has 0 fully saturated rings. The van der Waals surface area contributed by atoms with Crippen molar-refractivity contribution >= 4 is 52.1 Å². The molecule has 1 rings (SSSR count). The van der Waals surface area contributed by atoms with Crippen LogP contribution in [0.5, 0.6) is 0 Å². The first-order chi connectivity index (χ1) is 6.36. The molecule has 0 amide bonds. The van der Waals surface area contributed by atoms with Crippen LogP contribution in [0.4, 0.5) is 0 Å². The Morgan fingerprint density at radius 1 is 1.57 bits per heavy atom. The first kappa shape index (κ1) is 12.0. The fraction of sp³-hybridized carbons (Fsp3) is 0.429. The average Bonchev–Trinajstić information content (AvgIpc) is 2.46. The SMILES string of the molecule is CCc1nc(C(Cl)(Cl)Cl)c(C(=O)O)s1. The van der Waals surface area contributed by atoms with Crippen molar-refractivity contribution in [3.63, 3.8) is 0 Å². The number of rotatable bonds is 2. The summed E-state index contributed by atoms with van der Waals surface area (Å²) in [6.45, 7) is 1.85. The number of thiazole rings is 1. The third-order valence-electron chi connectivity index (χ3n) is 1.44. The van der Waals surface area contributed by atoms with Crippen LogP contribution in [0, 0.1) is 0 Å². The largest absolute Gasteiger partial charge is 0.477 e. The fourth-order valence-electron chi connectivity index (χ4n) is 0.853. The van der Waals surface area contributed by atoms with E-state index in [1.807, 2.05) is 6.92 Å². The molecule has 0 aliphatic heterocycles. The lowest BCUT2D eigenvalue weighted by atomic mass is 10.4. The summed E-state index contributed by atoms with van der Waals surface area (Å²) in [5.74, 6) is -1.12. The summed E-state index contributed by atoms with van der Waals surface area (Å²) in [5, 5.41) is 9.47. The van der Waals surface area contributed by atoms with Crippen LogP contribution in [0.1, 0.15) is 27.3 Å². The van der Waals surface area contributed by atoms with E-state index in [0.717, 1.165) is 11.3 Å². The molecule has 0 aliphatic carbocycles. The second-order valence-electron chi connectivity index (χ2n) is 2.44. The number of alkyl halides is 3. The van der Waals surface area contributed by atoms with Crippen molar-refractivity contribution in [2.75, 3.05) is 0 Å². The van der Waals surface area contributed by atoms with E-state index in [2.05, 4.69) is 4.98 Å². The van der Waals surface area contributed by atoms with E-state index >= 15 is 0 Å². The number of carboxylic acid groups (broad SMARTS) is 1. The fourth-order valence-corrected chi connectivity index (χ4v) is 2.33. The summed E-state index contributed by atoms with van der Waals surface area (Å²) in [6, 6.07) is 0. The Hall–Kier alpha value is -0.0300. The van der Waals surface area contributed by atoms with Gasteiger partial charge in [0.25, 0.3) is 0 Å². The number of halogens is 3. The van der Waals surface area contributed by atoms with E-state index in [4.69, 9.17) is 39.9 Å². The molecule has 0 radical (unpaired) electrons. The van der Waals surface area contributed by atoms with Gasteiger partial charge in [-0.3, -0.25) is 0 Å². The minimum Gasteiger partial charge on any atom is -0.477 e.